The van der Waals surface area contributed by atoms with Gasteiger partial charge in [-0.15, -0.1) is 11.6 Å². The first kappa shape index (κ1) is 21.1. The minimum atomic E-state index is -4.13. The van der Waals surface area contributed by atoms with Gasteiger partial charge >= 0.3 is 6.16 Å². The molecule has 0 saturated heterocycles. The average molecular weight is 435 g/mol. The fraction of sp³-hybridized carbons (Fsp3) is 0.238. The van der Waals surface area contributed by atoms with Crippen LogP contribution in [0.5, 0.6) is 0 Å². The number of carbonyl (C=O) groups excluding carboxylic acids is 2. The number of rotatable bonds is 7. The molecule has 0 radical (unpaired) electrons. The average Bonchev–Trinajstić information content (AvgIpc) is 2.91. The van der Waals surface area contributed by atoms with Gasteiger partial charge in [0.05, 0.1) is 6.61 Å². The van der Waals surface area contributed by atoms with Crippen molar-refractivity contribution in [2.45, 2.75) is 18.1 Å². The molecule has 0 spiro atoms. The van der Waals surface area contributed by atoms with E-state index in [9.17, 15) is 18.0 Å². The summed E-state index contributed by atoms with van der Waals surface area (Å²) in [4.78, 5) is 24.8. The summed E-state index contributed by atoms with van der Waals surface area (Å²) in [5, 5.41) is -1.47. The van der Waals surface area contributed by atoms with Crippen LogP contribution in [0, 0.1) is 0 Å². The Morgan fingerprint density at radius 2 is 1.59 bits per heavy atom. The highest BCUT2D eigenvalue weighted by molar-refractivity contribution is 8.02. The topological polar surface area (TPSA) is 86.7 Å². The molecule has 2 aromatic carbocycles. The molecular formula is C21H19ClO6S. The van der Waals surface area contributed by atoms with E-state index in [0.29, 0.717) is 24.3 Å². The summed E-state index contributed by atoms with van der Waals surface area (Å²) in [6, 6.07) is 16.2. The summed E-state index contributed by atoms with van der Waals surface area (Å²) in [5.41, 5.74) is 0.573. The van der Waals surface area contributed by atoms with Crippen LogP contribution >= 0.6 is 11.6 Å². The zero-order valence-electron chi connectivity index (χ0n) is 15.4. The Morgan fingerprint density at radius 3 is 2.21 bits per heavy atom. The minimum Gasteiger partial charge on any atom is -0.434 e. The SMILES string of the molecule is O=C(OCCCCCl)OC1=C(c2ccccc2)S(=O)(=O)C(c2ccccc2)C1=O. The molecule has 6 nitrogen and oxygen atoms in total. The first-order valence-electron chi connectivity index (χ1n) is 9.00. The largest absolute Gasteiger partial charge is 0.514 e. The van der Waals surface area contributed by atoms with Crippen molar-refractivity contribution in [1.29, 1.82) is 0 Å². The van der Waals surface area contributed by atoms with Crippen molar-refractivity contribution in [3.8, 4) is 0 Å². The van der Waals surface area contributed by atoms with E-state index in [1.165, 1.54) is 0 Å². The molecule has 3 rings (SSSR count). The summed E-state index contributed by atoms with van der Waals surface area (Å²) in [7, 11) is -4.13. The molecule has 1 aliphatic heterocycles. The number of ether oxygens (including phenoxy) is 2. The molecule has 8 heteroatoms. The van der Waals surface area contributed by atoms with Gasteiger partial charge in [0.2, 0.25) is 5.78 Å². The Morgan fingerprint density at radius 1 is 0.966 bits per heavy atom. The van der Waals surface area contributed by atoms with Crippen molar-refractivity contribution in [2.75, 3.05) is 12.5 Å². The van der Waals surface area contributed by atoms with Crippen LogP contribution in [0.15, 0.2) is 66.4 Å². The minimum absolute atomic E-state index is 0.0581. The Balaban J connectivity index is 1.98. The summed E-state index contributed by atoms with van der Waals surface area (Å²) < 4.78 is 36.6. The van der Waals surface area contributed by atoms with E-state index in [1.807, 2.05) is 0 Å². The van der Waals surface area contributed by atoms with Gasteiger partial charge in [0.25, 0.3) is 0 Å². The Labute approximate surface area is 174 Å². The number of halogens is 1. The van der Waals surface area contributed by atoms with Gasteiger partial charge in [-0.05, 0) is 24.0 Å². The van der Waals surface area contributed by atoms with Gasteiger partial charge in [-0.2, -0.15) is 0 Å². The van der Waals surface area contributed by atoms with Crippen molar-refractivity contribution < 1.29 is 27.5 Å². The van der Waals surface area contributed by atoms with Crippen LogP contribution in [-0.2, 0) is 24.1 Å². The number of ketones is 1. The van der Waals surface area contributed by atoms with Crippen LogP contribution in [0.3, 0.4) is 0 Å². The third kappa shape index (κ3) is 4.52. The van der Waals surface area contributed by atoms with E-state index in [1.54, 1.807) is 60.7 Å². The van der Waals surface area contributed by atoms with Gasteiger partial charge in [0.1, 0.15) is 4.91 Å². The zero-order valence-corrected chi connectivity index (χ0v) is 17.0. The number of benzene rings is 2. The van der Waals surface area contributed by atoms with E-state index >= 15 is 0 Å². The lowest BCUT2D eigenvalue weighted by Gasteiger charge is -2.10. The van der Waals surface area contributed by atoms with Gasteiger partial charge < -0.3 is 9.47 Å². The molecule has 1 aliphatic rings. The van der Waals surface area contributed by atoms with Crippen LogP contribution in [0.1, 0.15) is 29.2 Å². The smallest absolute Gasteiger partial charge is 0.434 e. The van der Waals surface area contributed by atoms with E-state index in [-0.39, 0.29) is 17.1 Å². The number of unbranched alkanes of at least 4 members (excludes halogenated alkanes) is 1. The molecule has 1 atom stereocenters. The molecule has 0 saturated carbocycles. The zero-order chi connectivity index (χ0) is 20.9. The molecule has 0 aliphatic carbocycles. The molecule has 0 aromatic heterocycles. The monoisotopic (exact) mass is 434 g/mol. The van der Waals surface area contributed by atoms with E-state index in [0.717, 1.165) is 0 Å². The molecule has 152 valence electrons. The van der Waals surface area contributed by atoms with E-state index < -0.39 is 32.8 Å². The van der Waals surface area contributed by atoms with Gasteiger partial charge in [0, 0.05) is 5.88 Å². The Bertz CT molecular complexity index is 1020. The molecule has 0 bridgehead atoms. The van der Waals surface area contributed by atoms with E-state index in [2.05, 4.69) is 0 Å². The number of hydrogen-bond acceptors (Lipinski definition) is 6. The number of hydrogen-bond donors (Lipinski definition) is 0. The maximum atomic E-state index is 13.3. The molecule has 0 N–H and O–H groups in total. The fourth-order valence-corrected chi connectivity index (χ4v) is 5.22. The predicted molar refractivity (Wildman–Crippen MR) is 109 cm³/mol. The molecule has 0 amide bonds. The summed E-state index contributed by atoms with van der Waals surface area (Å²) >= 11 is 5.58. The first-order chi connectivity index (χ1) is 14.0. The number of sulfone groups is 1. The highest BCUT2D eigenvalue weighted by atomic mass is 35.5. The molecular weight excluding hydrogens is 416 g/mol. The van der Waals surface area contributed by atoms with E-state index in [4.69, 9.17) is 21.1 Å². The van der Waals surface area contributed by atoms with Crippen molar-refractivity contribution in [2.24, 2.45) is 0 Å². The summed E-state index contributed by atoms with van der Waals surface area (Å²) in [5.74, 6) is -0.892. The highest BCUT2D eigenvalue weighted by Crippen LogP contribution is 2.44. The Kier molecular flexibility index (Phi) is 6.71. The lowest BCUT2D eigenvalue weighted by atomic mass is 10.1. The van der Waals surface area contributed by atoms with Crippen LogP contribution in [0.25, 0.3) is 4.91 Å². The van der Waals surface area contributed by atoms with Crippen molar-refractivity contribution in [3.63, 3.8) is 0 Å². The first-order valence-corrected chi connectivity index (χ1v) is 11.1. The summed E-state index contributed by atoms with van der Waals surface area (Å²) in [6.45, 7) is 0.0581. The number of carbonyl (C=O) groups is 2. The maximum Gasteiger partial charge on any atom is 0.514 e. The molecule has 2 aromatic rings. The van der Waals surface area contributed by atoms with Crippen LogP contribution < -0.4 is 0 Å². The molecule has 1 unspecified atom stereocenters. The van der Waals surface area contributed by atoms with Crippen molar-refractivity contribution >= 4 is 38.3 Å². The normalized spacial score (nSPS) is 18.0. The van der Waals surface area contributed by atoms with Crippen LogP contribution in [-0.4, -0.2) is 32.8 Å². The predicted octanol–water partition coefficient (Wildman–Crippen LogP) is 4.27. The second-order valence-electron chi connectivity index (χ2n) is 6.32. The molecule has 1 heterocycles. The van der Waals surface area contributed by atoms with Gasteiger partial charge in [-0.3, -0.25) is 4.79 Å². The van der Waals surface area contributed by atoms with Gasteiger partial charge in [-0.1, -0.05) is 60.7 Å². The fourth-order valence-electron chi connectivity index (χ4n) is 3.02. The van der Waals surface area contributed by atoms with Crippen molar-refractivity contribution in [3.05, 3.63) is 77.5 Å². The number of allylic oxidation sites excluding steroid dienone is 1. The summed E-state index contributed by atoms with van der Waals surface area (Å²) in [6.07, 6.45) is 0.0541. The lowest BCUT2D eigenvalue weighted by Crippen LogP contribution is -2.17. The van der Waals surface area contributed by atoms with Crippen LogP contribution in [0.2, 0.25) is 0 Å². The highest BCUT2D eigenvalue weighted by Gasteiger charge is 2.50. The van der Waals surface area contributed by atoms with Crippen LogP contribution in [0.4, 0.5) is 4.79 Å². The number of alkyl halides is 1. The number of Topliss-reactive ketones (excluding diaryl/α,β-unsaturated/α-hetero) is 1. The standard InChI is InChI=1S/C21H19ClO6S/c22-13-7-8-14-27-21(24)28-18-17(23)19(15-9-3-1-4-10-15)29(25,26)20(18)16-11-5-2-6-12-16/h1-6,9-12,19H,7-8,13-14H2. The quantitative estimate of drug-likeness (QED) is 0.367. The molecule has 0 fully saturated rings. The maximum absolute atomic E-state index is 13.3. The lowest BCUT2D eigenvalue weighted by molar-refractivity contribution is -0.117. The second kappa shape index (κ2) is 9.24. The van der Waals surface area contributed by atoms with Gasteiger partial charge in [0.15, 0.2) is 20.8 Å². The molecule has 29 heavy (non-hydrogen) atoms. The van der Waals surface area contributed by atoms with Gasteiger partial charge in [-0.25, -0.2) is 13.2 Å². The van der Waals surface area contributed by atoms with Crippen molar-refractivity contribution in [1.82, 2.24) is 0 Å². The second-order valence-corrected chi connectivity index (χ2v) is 8.67. The third-order valence-electron chi connectivity index (χ3n) is 4.33. The third-order valence-corrected chi connectivity index (χ3v) is 6.70. The Hall–Kier alpha value is -2.64.